The van der Waals surface area contributed by atoms with Crippen molar-refractivity contribution in [3.05, 3.63) is 42.7 Å². The fraction of sp³-hybridized carbons (Fsp3) is 0.435. The van der Waals surface area contributed by atoms with Gasteiger partial charge in [0.05, 0.1) is 23.4 Å². The van der Waals surface area contributed by atoms with Crippen molar-refractivity contribution < 1.29 is 9.47 Å². The van der Waals surface area contributed by atoms with Crippen LogP contribution < -0.4 is 10.1 Å². The number of nitrogens with zero attached hydrogens (tertiary/aromatic N) is 5. The minimum atomic E-state index is 0.221. The number of anilines is 2. The molecule has 2 aliphatic carbocycles. The highest BCUT2D eigenvalue weighted by molar-refractivity contribution is 7.18. The average Bonchev–Trinajstić information content (AvgIpc) is 3.41. The van der Waals surface area contributed by atoms with Crippen LogP contribution in [0, 0.1) is 5.41 Å². The summed E-state index contributed by atoms with van der Waals surface area (Å²) in [6.45, 7) is 2.56. The van der Waals surface area contributed by atoms with E-state index in [4.69, 9.17) is 9.47 Å². The third-order valence-corrected chi connectivity index (χ3v) is 6.96. The van der Waals surface area contributed by atoms with Crippen LogP contribution in [0.1, 0.15) is 51.0 Å². The molecular formula is C23H26N6O2S. The Morgan fingerprint density at radius 1 is 1.09 bits per heavy atom. The van der Waals surface area contributed by atoms with E-state index in [1.54, 1.807) is 31.0 Å². The fourth-order valence-electron chi connectivity index (χ4n) is 3.94. The maximum Gasteiger partial charge on any atom is 0.317 e. The normalized spacial score (nSPS) is 17.5. The van der Waals surface area contributed by atoms with Crippen LogP contribution in [0.3, 0.4) is 0 Å². The topological polar surface area (TPSA) is 94.9 Å². The van der Waals surface area contributed by atoms with Crippen LogP contribution in [-0.4, -0.2) is 37.6 Å². The second-order valence-electron chi connectivity index (χ2n) is 8.29. The number of thiazole rings is 1. The van der Waals surface area contributed by atoms with E-state index >= 15 is 0 Å². The van der Waals surface area contributed by atoms with Crippen molar-refractivity contribution in [1.29, 1.82) is 0 Å². The van der Waals surface area contributed by atoms with Gasteiger partial charge in [-0.15, -0.1) is 0 Å². The summed E-state index contributed by atoms with van der Waals surface area (Å²) in [5.74, 6) is 0.483. The first kappa shape index (κ1) is 20.8. The van der Waals surface area contributed by atoms with E-state index in [9.17, 15) is 0 Å². The van der Waals surface area contributed by atoms with Crippen molar-refractivity contribution in [2.45, 2.75) is 51.6 Å². The van der Waals surface area contributed by atoms with Crippen LogP contribution in [0.5, 0.6) is 6.01 Å². The molecule has 1 N–H and O–H groups in total. The first-order chi connectivity index (χ1) is 15.7. The number of rotatable bonds is 8. The highest BCUT2D eigenvalue weighted by Gasteiger charge is 2.45. The Balaban J connectivity index is 1.20. The monoisotopic (exact) mass is 450 g/mol. The summed E-state index contributed by atoms with van der Waals surface area (Å²) in [4.78, 5) is 22.9. The lowest BCUT2D eigenvalue weighted by molar-refractivity contribution is 0.114. The maximum atomic E-state index is 6.10. The molecule has 2 aliphatic rings. The van der Waals surface area contributed by atoms with Crippen LogP contribution in [0.15, 0.2) is 37.1 Å². The van der Waals surface area contributed by atoms with Gasteiger partial charge < -0.3 is 14.8 Å². The summed E-state index contributed by atoms with van der Waals surface area (Å²) in [6, 6.07) is 2.32. The Hall–Kier alpha value is -3.07. The number of hydrogen-bond acceptors (Lipinski definition) is 9. The maximum absolute atomic E-state index is 6.10. The highest BCUT2D eigenvalue weighted by atomic mass is 32.1. The Morgan fingerprint density at radius 3 is 2.66 bits per heavy atom. The molecule has 0 amide bonds. The molecule has 0 unspecified atom stereocenters. The summed E-state index contributed by atoms with van der Waals surface area (Å²) in [5.41, 5.74) is 2.31. The first-order valence-corrected chi connectivity index (χ1v) is 11.9. The zero-order valence-corrected chi connectivity index (χ0v) is 18.8. The molecule has 2 fully saturated rings. The molecular weight excluding hydrogens is 424 g/mol. The molecule has 0 atom stereocenters. The third-order valence-electron chi connectivity index (χ3n) is 6.03. The zero-order chi connectivity index (χ0) is 21.8. The lowest BCUT2D eigenvalue weighted by atomic mass is 9.85. The summed E-state index contributed by atoms with van der Waals surface area (Å²) in [7, 11) is 0. The molecule has 166 valence electrons. The Bertz CT molecular complexity index is 1070. The first-order valence-electron chi connectivity index (χ1n) is 11.0. The summed E-state index contributed by atoms with van der Waals surface area (Å²) in [5, 5.41) is 3.83. The van der Waals surface area contributed by atoms with E-state index in [-0.39, 0.29) is 6.10 Å². The van der Waals surface area contributed by atoms with Gasteiger partial charge in [-0.1, -0.05) is 11.3 Å². The van der Waals surface area contributed by atoms with E-state index < -0.39 is 0 Å². The molecule has 0 bridgehead atoms. The van der Waals surface area contributed by atoms with Gasteiger partial charge in [0.2, 0.25) is 5.95 Å². The van der Waals surface area contributed by atoms with E-state index in [0.29, 0.717) is 29.1 Å². The quantitative estimate of drug-likeness (QED) is 0.466. The minimum absolute atomic E-state index is 0.221. The molecule has 8 nitrogen and oxygen atoms in total. The van der Waals surface area contributed by atoms with Gasteiger partial charge in [-0.05, 0) is 63.0 Å². The number of nitrogens with one attached hydrogen (secondary N) is 1. The fourth-order valence-corrected chi connectivity index (χ4v) is 4.72. The number of hydrogen-bond donors (Lipinski definition) is 1. The number of aromatic nitrogens is 5. The van der Waals surface area contributed by atoms with E-state index in [1.807, 2.05) is 19.1 Å². The smallest absolute Gasteiger partial charge is 0.317 e. The second kappa shape index (κ2) is 9.20. The molecule has 3 aromatic heterocycles. The SMILES string of the molecule is CCO/C=C/c1cnc(Nc2ncc(-c3ccnc(OC4CCC5(CC4)CC5)n3)s2)nc1. The zero-order valence-electron chi connectivity index (χ0n) is 18.0. The Kier molecular flexibility index (Phi) is 5.98. The van der Waals surface area contributed by atoms with Crippen LogP contribution in [0.25, 0.3) is 16.6 Å². The van der Waals surface area contributed by atoms with Gasteiger partial charge in [-0.25, -0.2) is 19.9 Å². The average molecular weight is 451 g/mol. The summed E-state index contributed by atoms with van der Waals surface area (Å²) < 4.78 is 11.3. The lowest BCUT2D eigenvalue weighted by Gasteiger charge is -2.28. The largest absolute Gasteiger partial charge is 0.501 e. The van der Waals surface area contributed by atoms with Crippen molar-refractivity contribution in [2.75, 3.05) is 11.9 Å². The van der Waals surface area contributed by atoms with Crippen molar-refractivity contribution in [2.24, 2.45) is 5.41 Å². The summed E-state index contributed by atoms with van der Waals surface area (Å²) in [6.07, 6.45) is 18.2. The van der Waals surface area contributed by atoms with Crippen molar-refractivity contribution in [3.8, 4) is 16.6 Å². The van der Waals surface area contributed by atoms with Gasteiger partial charge in [0.25, 0.3) is 0 Å². The Morgan fingerprint density at radius 2 is 1.91 bits per heavy atom. The van der Waals surface area contributed by atoms with Gasteiger partial charge in [-0.2, -0.15) is 4.98 Å². The molecule has 32 heavy (non-hydrogen) atoms. The van der Waals surface area contributed by atoms with Crippen LogP contribution in [0.2, 0.25) is 0 Å². The second-order valence-corrected chi connectivity index (χ2v) is 9.33. The standard InChI is InChI=1S/C23H26N6O2S/c1-2-30-12-6-16-13-25-20(26-14-16)29-22-27-15-19(32-22)18-5-11-24-21(28-18)31-17-3-7-23(8-4-17)9-10-23/h5-6,11-15,17H,2-4,7-10H2,1H3,(H,25,26,27,29)/b12-6+. The molecule has 0 saturated heterocycles. The predicted octanol–water partition coefficient (Wildman–Crippen LogP) is 5.24. The summed E-state index contributed by atoms with van der Waals surface area (Å²) >= 11 is 1.48. The van der Waals surface area contributed by atoms with Gasteiger partial charge >= 0.3 is 6.01 Å². The lowest BCUT2D eigenvalue weighted by Crippen LogP contribution is -2.25. The van der Waals surface area contributed by atoms with E-state index in [2.05, 4.69) is 30.2 Å². The molecule has 1 spiro atoms. The molecule has 9 heteroatoms. The molecule has 5 rings (SSSR count). The van der Waals surface area contributed by atoms with Crippen molar-refractivity contribution in [1.82, 2.24) is 24.9 Å². The third kappa shape index (κ3) is 5.04. The molecule has 3 aromatic rings. The molecule has 0 aliphatic heterocycles. The van der Waals surface area contributed by atoms with Crippen molar-refractivity contribution in [3.63, 3.8) is 0 Å². The van der Waals surface area contributed by atoms with Crippen LogP contribution in [-0.2, 0) is 4.74 Å². The number of ether oxygens (including phenoxy) is 2. The van der Waals surface area contributed by atoms with Gasteiger partial charge in [-0.3, -0.25) is 0 Å². The Labute approximate surface area is 191 Å². The molecule has 0 aromatic carbocycles. The van der Waals surface area contributed by atoms with E-state index in [0.717, 1.165) is 29.0 Å². The minimum Gasteiger partial charge on any atom is -0.501 e. The van der Waals surface area contributed by atoms with Crippen LogP contribution >= 0.6 is 11.3 Å². The highest BCUT2D eigenvalue weighted by Crippen LogP contribution is 2.56. The van der Waals surface area contributed by atoms with Gasteiger partial charge in [0.1, 0.15) is 6.10 Å². The molecule has 0 radical (unpaired) electrons. The molecule has 2 saturated carbocycles. The van der Waals surface area contributed by atoms with E-state index in [1.165, 1.54) is 37.0 Å². The van der Waals surface area contributed by atoms with Crippen molar-refractivity contribution >= 4 is 28.5 Å². The van der Waals surface area contributed by atoms with Gasteiger partial charge in [0.15, 0.2) is 5.13 Å². The molecule has 3 heterocycles. The predicted molar refractivity (Wildman–Crippen MR) is 124 cm³/mol. The van der Waals surface area contributed by atoms with Gasteiger partial charge in [0, 0.05) is 30.4 Å². The van der Waals surface area contributed by atoms with Crippen LogP contribution in [0.4, 0.5) is 11.1 Å².